The summed E-state index contributed by atoms with van der Waals surface area (Å²) in [6.07, 6.45) is 6.81. The lowest BCUT2D eigenvalue weighted by atomic mass is 9.83. The van der Waals surface area contributed by atoms with E-state index in [4.69, 9.17) is 0 Å². The van der Waals surface area contributed by atoms with Gasteiger partial charge < -0.3 is 17.6 Å². The molecule has 0 saturated heterocycles. The van der Waals surface area contributed by atoms with Gasteiger partial charge in [-0.2, -0.15) is 0 Å². The second-order valence-corrected chi connectivity index (χ2v) is 9.41. The third-order valence-electron chi connectivity index (χ3n) is 7.48. The van der Waals surface area contributed by atoms with Crippen molar-refractivity contribution in [1.29, 1.82) is 0 Å². The Kier molecular flexibility index (Phi) is 4.93. The molecule has 6 rings (SSSR count). The molecule has 2 aliphatic heterocycles. The van der Waals surface area contributed by atoms with Gasteiger partial charge >= 0.3 is 6.97 Å². The first-order valence-electron chi connectivity index (χ1n) is 12.0. The Labute approximate surface area is 209 Å². The molecule has 3 aromatic heterocycles. The predicted molar refractivity (Wildman–Crippen MR) is 141 cm³/mol. The maximum absolute atomic E-state index is 16.8. The number of nitrogens with zero attached hydrogens (tertiary/aromatic N) is 4. The van der Waals surface area contributed by atoms with Crippen LogP contribution in [-0.2, 0) is 0 Å². The highest BCUT2D eigenvalue weighted by Gasteiger charge is 2.57. The van der Waals surface area contributed by atoms with Gasteiger partial charge in [-0.05, 0) is 73.0 Å². The van der Waals surface area contributed by atoms with Crippen LogP contribution in [0.3, 0.4) is 0 Å². The summed E-state index contributed by atoms with van der Waals surface area (Å²) >= 11 is 0. The fourth-order valence-electron chi connectivity index (χ4n) is 6.10. The van der Waals surface area contributed by atoms with Crippen LogP contribution in [0.25, 0.3) is 22.3 Å². The number of rotatable bonds is 3. The lowest BCUT2D eigenvalue weighted by molar-refractivity contribution is -0.363. The standard InChI is InChI=1S/C29H25BF2N4/c1-18-25(23-10-14-33-15-11-23)20(3)35-28(18)27(22-8-6-5-7-9-22)29-19(2)26(24-12-16-34-17-13-24)21(4)36(29)30(35,31)32/h5-17H,1-4H3. The normalized spacial score (nSPS) is 16.5. The van der Waals surface area contributed by atoms with Gasteiger partial charge in [0.15, 0.2) is 5.70 Å². The van der Waals surface area contributed by atoms with Crippen LogP contribution < -0.4 is 0 Å². The third kappa shape index (κ3) is 2.95. The van der Waals surface area contributed by atoms with E-state index in [1.807, 2.05) is 68.4 Å². The summed E-state index contributed by atoms with van der Waals surface area (Å²) in [6.45, 7) is 3.34. The van der Waals surface area contributed by atoms with E-state index in [1.54, 1.807) is 38.6 Å². The van der Waals surface area contributed by atoms with Crippen LogP contribution >= 0.6 is 0 Å². The van der Waals surface area contributed by atoms with Crippen LogP contribution in [0.2, 0.25) is 0 Å². The Balaban J connectivity index is 1.77. The minimum Gasteiger partial charge on any atom is -0.393 e. The number of halogens is 2. The quantitative estimate of drug-likeness (QED) is 0.314. The average molecular weight is 478 g/mol. The van der Waals surface area contributed by atoms with Crippen molar-refractivity contribution in [3.63, 3.8) is 0 Å². The van der Waals surface area contributed by atoms with Crippen molar-refractivity contribution in [3.8, 4) is 11.1 Å². The van der Waals surface area contributed by atoms with Gasteiger partial charge in [0.25, 0.3) is 0 Å². The summed E-state index contributed by atoms with van der Waals surface area (Å²) in [5, 5.41) is 0. The lowest BCUT2D eigenvalue weighted by Crippen LogP contribution is -2.51. The molecule has 0 fully saturated rings. The molecule has 7 heteroatoms. The zero-order valence-corrected chi connectivity index (χ0v) is 20.6. The van der Waals surface area contributed by atoms with Gasteiger partial charge in [-0.15, -0.1) is 0 Å². The summed E-state index contributed by atoms with van der Waals surface area (Å²) < 4.78 is 36.1. The smallest absolute Gasteiger partial charge is 0.393 e. The van der Waals surface area contributed by atoms with Crippen LogP contribution in [0, 0.1) is 13.8 Å². The molecule has 4 aromatic rings. The highest BCUT2D eigenvalue weighted by Crippen LogP contribution is 2.49. The maximum atomic E-state index is 16.8. The average Bonchev–Trinajstić information content (AvgIpc) is 3.31. The van der Waals surface area contributed by atoms with Crippen molar-refractivity contribution in [3.05, 3.63) is 119 Å². The minimum atomic E-state index is -4.16. The number of benzene rings is 1. The first-order valence-corrected chi connectivity index (χ1v) is 12.0. The molecule has 36 heavy (non-hydrogen) atoms. The lowest BCUT2D eigenvalue weighted by Gasteiger charge is -2.34. The summed E-state index contributed by atoms with van der Waals surface area (Å²) in [4.78, 5) is 8.25. The Morgan fingerprint density at radius 2 is 1.28 bits per heavy atom. The van der Waals surface area contributed by atoms with Crippen LogP contribution in [-0.4, -0.2) is 31.6 Å². The third-order valence-corrected chi connectivity index (χ3v) is 7.48. The van der Waals surface area contributed by atoms with Crippen molar-refractivity contribution >= 4 is 23.8 Å². The van der Waals surface area contributed by atoms with Crippen molar-refractivity contribution in [2.75, 3.05) is 0 Å². The molecule has 0 radical (unpaired) electrons. The van der Waals surface area contributed by atoms with Crippen LogP contribution in [0.1, 0.15) is 41.9 Å². The van der Waals surface area contributed by atoms with Gasteiger partial charge in [-0.3, -0.25) is 9.97 Å². The topological polar surface area (TPSA) is 33.7 Å². The Bertz CT molecular complexity index is 1620. The molecule has 0 amide bonds. The van der Waals surface area contributed by atoms with Gasteiger partial charge in [-0.1, -0.05) is 30.3 Å². The SMILES string of the molecule is CC1=C(c2ccncc2)C(C)=[N+]2C1=C(c1ccccc1)c1c(C)c(-c3ccncc3)c(C)n1[B-]2(F)F. The van der Waals surface area contributed by atoms with Crippen molar-refractivity contribution < 1.29 is 13.1 Å². The van der Waals surface area contributed by atoms with E-state index in [-0.39, 0.29) is 0 Å². The molecule has 0 aliphatic carbocycles. The molecule has 0 bridgehead atoms. The Morgan fingerprint density at radius 1 is 0.722 bits per heavy atom. The molecular formula is C29H25BF2N4. The molecule has 0 spiro atoms. The number of hydrogen-bond acceptors (Lipinski definition) is 2. The fourth-order valence-corrected chi connectivity index (χ4v) is 6.10. The Hall–Kier alpha value is -4.13. The minimum absolute atomic E-state index is 0.550. The first kappa shape index (κ1) is 22.3. The number of hydrogen-bond donors (Lipinski definition) is 0. The number of aromatic nitrogens is 3. The molecular weight excluding hydrogens is 453 g/mol. The van der Waals surface area contributed by atoms with Crippen LogP contribution in [0.5, 0.6) is 0 Å². The molecule has 0 atom stereocenters. The van der Waals surface area contributed by atoms with Gasteiger partial charge in [0.05, 0.1) is 11.1 Å². The van der Waals surface area contributed by atoms with Crippen LogP contribution in [0.4, 0.5) is 8.63 Å². The largest absolute Gasteiger partial charge is 0.737 e. The molecule has 1 aromatic carbocycles. The van der Waals surface area contributed by atoms with E-state index in [0.717, 1.165) is 44.5 Å². The number of fused-ring (bicyclic) bond motifs is 2. The summed E-state index contributed by atoms with van der Waals surface area (Å²) in [7, 11) is 0. The Morgan fingerprint density at radius 3 is 1.89 bits per heavy atom. The highest BCUT2D eigenvalue weighted by molar-refractivity contribution is 6.59. The van der Waals surface area contributed by atoms with E-state index in [9.17, 15) is 0 Å². The molecule has 178 valence electrons. The summed E-state index contributed by atoms with van der Waals surface area (Å²) in [5.41, 5.74) is 9.10. The second kappa shape index (κ2) is 7.95. The van der Waals surface area contributed by atoms with E-state index in [1.165, 1.54) is 8.96 Å². The summed E-state index contributed by atoms with van der Waals surface area (Å²) in [6, 6.07) is 17.4. The monoisotopic (exact) mass is 478 g/mol. The number of pyridine rings is 2. The zero-order chi connectivity index (χ0) is 25.2. The first-order chi connectivity index (χ1) is 17.3. The molecule has 0 saturated carbocycles. The second-order valence-electron chi connectivity index (χ2n) is 9.41. The van der Waals surface area contributed by atoms with E-state index < -0.39 is 6.97 Å². The van der Waals surface area contributed by atoms with Crippen molar-refractivity contribution in [2.45, 2.75) is 27.7 Å². The van der Waals surface area contributed by atoms with E-state index in [0.29, 0.717) is 22.8 Å². The van der Waals surface area contributed by atoms with Crippen LogP contribution in [0.15, 0.2) is 90.7 Å². The molecule has 0 unspecified atom stereocenters. The fraction of sp³-hybridized carbons (Fsp3) is 0.138. The molecule has 5 heterocycles. The molecule has 2 aliphatic rings. The zero-order valence-electron chi connectivity index (χ0n) is 20.6. The van der Waals surface area contributed by atoms with Gasteiger partial charge in [-0.25, -0.2) is 0 Å². The van der Waals surface area contributed by atoms with E-state index in [2.05, 4.69) is 9.97 Å². The molecule has 4 nitrogen and oxygen atoms in total. The van der Waals surface area contributed by atoms with Crippen molar-refractivity contribution in [1.82, 2.24) is 14.4 Å². The molecule has 0 N–H and O–H groups in total. The summed E-state index contributed by atoms with van der Waals surface area (Å²) in [5.74, 6) is 0. The van der Waals surface area contributed by atoms with Crippen molar-refractivity contribution in [2.24, 2.45) is 0 Å². The predicted octanol–water partition coefficient (Wildman–Crippen LogP) is 6.52. The van der Waals surface area contributed by atoms with E-state index >= 15 is 8.63 Å². The van der Waals surface area contributed by atoms with Gasteiger partial charge in [0.2, 0.25) is 0 Å². The maximum Gasteiger partial charge on any atom is 0.737 e. The highest BCUT2D eigenvalue weighted by atomic mass is 19.2. The van der Waals surface area contributed by atoms with Gasteiger partial charge in [0, 0.05) is 48.5 Å². The number of allylic oxidation sites excluding steroid dienone is 2. The van der Waals surface area contributed by atoms with Gasteiger partial charge in [0.1, 0.15) is 5.71 Å².